The van der Waals surface area contributed by atoms with Gasteiger partial charge in [0.25, 0.3) is 0 Å². The van der Waals surface area contributed by atoms with E-state index >= 15 is 0 Å². The fourth-order valence-electron chi connectivity index (χ4n) is 2.61. The lowest BCUT2D eigenvalue weighted by atomic mass is 9.93. The van der Waals surface area contributed by atoms with E-state index in [0.717, 1.165) is 37.9 Å². The Balaban J connectivity index is 1.63. The van der Waals surface area contributed by atoms with Gasteiger partial charge in [-0.25, -0.2) is 4.79 Å². The molecule has 2 amide bonds. The third-order valence-corrected chi connectivity index (χ3v) is 3.96. The molecule has 1 aliphatic carbocycles. The Morgan fingerprint density at radius 2 is 1.90 bits per heavy atom. The maximum absolute atomic E-state index is 11.8. The van der Waals surface area contributed by atoms with Crippen LogP contribution >= 0.6 is 0 Å². The van der Waals surface area contributed by atoms with Gasteiger partial charge >= 0.3 is 6.03 Å². The zero-order valence-electron chi connectivity index (χ0n) is 12.6. The number of aliphatic hydroxyl groups is 1. The first-order valence-corrected chi connectivity index (χ1v) is 7.64. The summed E-state index contributed by atoms with van der Waals surface area (Å²) in [6.45, 7) is 1.37. The van der Waals surface area contributed by atoms with Crippen molar-refractivity contribution in [3.05, 3.63) is 30.3 Å². The van der Waals surface area contributed by atoms with Crippen molar-refractivity contribution in [2.75, 3.05) is 25.0 Å². The highest BCUT2D eigenvalue weighted by Crippen LogP contribution is 2.18. The summed E-state index contributed by atoms with van der Waals surface area (Å²) in [5.74, 6) is 0. The SMILES string of the molecule is CN(CCNC(=O)NC1CCC(O)CC1)c1ccccc1. The minimum atomic E-state index is -0.189. The number of nitrogens with one attached hydrogen (secondary N) is 2. The molecule has 0 bridgehead atoms. The Morgan fingerprint density at radius 1 is 1.24 bits per heavy atom. The number of aliphatic hydroxyl groups excluding tert-OH is 1. The van der Waals surface area contributed by atoms with Gasteiger partial charge in [0.05, 0.1) is 6.10 Å². The zero-order chi connectivity index (χ0) is 15.1. The van der Waals surface area contributed by atoms with Crippen LogP contribution in [-0.2, 0) is 0 Å². The van der Waals surface area contributed by atoms with E-state index in [4.69, 9.17) is 0 Å². The topological polar surface area (TPSA) is 64.6 Å². The van der Waals surface area contributed by atoms with Crippen LogP contribution in [0.3, 0.4) is 0 Å². The van der Waals surface area contributed by atoms with Gasteiger partial charge in [-0.15, -0.1) is 0 Å². The Kier molecular flexibility index (Phi) is 5.87. The first-order chi connectivity index (χ1) is 10.1. The lowest BCUT2D eigenvalue weighted by Gasteiger charge is -2.26. The van der Waals surface area contributed by atoms with Crippen molar-refractivity contribution in [2.45, 2.75) is 37.8 Å². The van der Waals surface area contributed by atoms with E-state index in [9.17, 15) is 9.90 Å². The molecule has 5 heteroatoms. The molecule has 5 nitrogen and oxygen atoms in total. The van der Waals surface area contributed by atoms with Crippen molar-refractivity contribution in [3.8, 4) is 0 Å². The van der Waals surface area contributed by atoms with Gasteiger partial charge in [-0.2, -0.15) is 0 Å². The molecule has 0 atom stereocenters. The van der Waals surface area contributed by atoms with Crippen LogP contribution in [0.1, 0.15) is 25.7 Å². The van der Waals surface area contributed by atoms with Crippen LogP contribution in [0.15, 0.2) is 30.3 Å². The number of para-hydroxylation sites is 1. The highest BCUT2D eigenvalue weighted by atomic mass is 16.3. The van der Waals surface area contributed by atoms with Gasteiger partial charge in [0.2, 0.25) is 0 Å². The monoisotopic (exact) mass is 291 g/mol. The van der Waals surface area contributed by atoms with Gasteiger partial charge in [-0.3, -0.25) is 0 Å². The summed E-state index contributed by atoms with van der Waals surface area (Å²) in [4.78, 5) is 13.9. The summed E-state index contributed by atoms with van der Waals surface area (Å²) < 4.78 is 0. The van der Waals surface area contributed by atoms with Crippen molar-refractivity contribution in [1.29, 1.82) is 0 Å². The van der Waals surface area contributed by atoms with Gasteiger partial charge in [0, 0.05) is 31.9 Å². The number of hydrogen-bond donors (Lipinski definition) is 3. The molecule has 1 aromatic rings. The molecule has 0 unspecified atom stereocenters. The van der Waals surface area contributed by atoms with Crippen LogP contribution in [0.5, 0.6) is 0 Å². The van der Waals surface area contributed by atoms with Gasteiger partial charge in [-0.1, -0.05) is 18.2 Å². The van der Waals surface area contributed by atoms with Crippen LogP contribution < -0.4 is 15.5 Å². The van der Waals surface area contributed by atoms with Crippen molar-refractivity contribution >= 4 is 11.7 Å². The number of benzene rings is 1. The molecule has 116 valence electrons. The van der Waals surface area contributed by atoms with E-state index in [1.165, 1.54) is 0 Å². The minimum absolute atomic E-state index is 0.113. The number of anilines is 1. The predicted octanol–water partition coefficient (Wildman–Crippen LogP) is 1.73. The fourth-order valence-corrected chi connectivity index (χ4v) is 2.61. The van der Waals surface area contributed by atoms with Crippen molar-refractivity contribution in [1.82, 2.24) is 10.6 Å². The minimum Gasteiger partial charge on any atom is -0.393 e. The maximum atomic E-state index is 11.8. The molecule has 21 heavy (non-hydrogen) atoms. The molecule has 1 aliphatic rings. The van der Waals surface area contributed by atoms with E-state index in [-0.39, 0.29) is 18.2 Å². The molecule has 0 spiro atoms. The molecule has 0 radical (unpaired) electrons. The Morgan fingerprint density at radius 3 is 2.57 bits per heavy atom. The number of amides is 2. The van der Waals surface area contributed by atoms with Crippen LogP contribution in [0.25, 0.3) is 0 Å². The van der Waals surface area contributed by atoms with Crippen LogP contribution in [0.4, 0.5) is 10.5 Å². The molecule has 0 aromatic heterocycles. The van der Waals surface area contributed by atoms with Crippen molar-refractivity contribution in [3.63, 3.8) is 0 Å². The van der Waals surface area contributed by atoms with Crippen LogP contribution in [-0.4, -0.2) is 43.4 Å². The molecule has 2 rings (SSSR count). The number of hydrogen-bond acceptors (Lipinski definition) is 3. The average molecular weight is 291 g/mol. The summed E-state index contributed by atoms with van der Waals surface area (Å²) >= 11 is 0. The number of nitrogens with zero attached hydrogens (tertiary/aromatic N) is 1. The van der Waals surface area contributed by atoms with Gasteiger partial charge in [0.1, 0.15) is 0 Å². The highest BCUT2D eigenvalue weighted by Gasteiger charge is 2.20. The van der Waals surface area contributed by atoms with Gasteiger partial charge in [0.15, 0.2) is 0 Å². The standard InChI is InChI=1S/C16H25N3O2/c1-19(14-5-3-2-4-6-14)12-11-17-16(21)18-13-7-9-15(20)10-8-13/h2-6,13,15,20H,7-12H2,1H3,(H2,17,18,21). The summed E-state index contributed by atoms with van der Waals surface area (Å²) in [5, 5.41) is 15.3. The van der Waals surface area contributed by atoms with Crippen molar-refractivity contribution < 1.29 is 9.90 Å². The van der Waals surface area contributed by atoms with Crippen molar-refractivity contribution in [2.24, 2.45) is 0 Å². The lowest BCUT2D eigenvalue weighted by molar-refractivity contribution is 0.117. The summed E-state index contributed by atoms with van der Waals surface area (Å²) in [6.07, 6.45) is 3.09. The number of rotatable bonds is 5. The first kappa shape index (κ1) is 15.6. The number of urea groups is 1. The van der Waals surface area contributed by atoms with E-state index in [0.29, 0.717) is 6.54 Å². The summed E-state index contributed by atoms with van der Waals surface area (Å²) in [7, 11) is 2.01. The second kappa shape index (κ2) is 7.88. The molecule has 1 fully saturated rings. The van der Waals surface area contributed by atoms with Gasteiger partial charge < -0.3 is 20.6 Å². The Bertz CT molecular complexity index is 430. The molecular weight excluding hydrogens is 266 g/mol. The Labute approximate surface area is 126 Å². The maximum Gasteiger partial charge on any atom is 0.315 e. The summed E-state index contributed by atoms with van der Waals surface area (Å²) in [6, 6.07) is 10.2. The van der Waals surface area contributed by atoms with E-state index in [1.54, 1.807) is 0 Å². The van der Waals surface area contributed by atoms with Crippen LogP contribution in [0.2, 0.25) is 0 Å². The zero-order valence-corrected chi connectivity index (χ0v) is 12.6. The van der Waals surface area contributed by atoms with E-state index in [1.807, 2.05) is 37.4 Å². The lowest BCUT2D eigenvalue weighted by Crippen LogP contribution is -2.45. The third kappa shape index (κ3) is 5.27. The van der Waals surface area contributed by atoms with E-state index < -0.39 is 0 Å². The molecule has 0 saturated heterocycles. The number of likely N-dealkylation sites (N-methyl/N-ethyl adjacent to an activating group) is 1. The normalized spacial score (nSPS) is 21.6. The molecule has 1 aromatic carbocycles. The number of carbonyl (C=O) groups excluding carboxylic acids is 1. The first-order valence-electron chi connectivity index (χ1n) is 7.64. The Hall–Kier alpha value is -1.75. The third-order valence-electron chi connectivity index (χ3n) is 3.96. The number of carbonyl (C=O) groups is 1. The fraction of sp³-hybridized carbons (Fsp3) is 0.562. The van der Waals surface area contributed by atoms with Crippen LogP contribution in [0, 0.1) is 0 Å². The molecule has 0 heterocycles. The molecule has 0 aliphatic heterocycles. The average Bonchev–Trinajstić information content (AvgIpc) is 2.50. The second-order valence-electron chi connectivity index (χ2n) is 5.66. The van der Waals surface area contributed by atoms with Gasteiger partial charge in [-0.05, 0) is 37.8 Å². The molecule has 1 saturated carbocycles. The predicted molar refractivity (Wildman–Crippen MR) is 84.5 cm³/mol. The molecular formula is C16H25N3O2. The second-order valence-corrected chi connectivity index (χ2v) is 5.66. The summed E-state index contributed by atoms with van der Waals surface area (Å²) in [5.41, 5.74) is 1.14. The smallest absolute Gasteiger partial charge is 0.315 e. The molecule has 3 N–H and O–H groups in total. The quantitative estimate of drug-likeness (QED) is 0.774. The highest BCUT2D eigenvalue weighted by molar-refractivity contribution is 5.74. The largest absolute Gasteiger partial charge is 0.393 e. The van der Waals surface area contributed by atoms with E-state index in [2.05, 4.69) is 15.5 Å².